The maximum Gasteiger partial charge on any atom is 0.0704 e. The van der Waals surface area contributed by atoms with E-state index in [4.69, 9.17) is 0 Å². The summed E-state index contributed by atoms with van der Waals surface area (Å²) in [5.41, 5.74) is 2.11. The summed E-state index contributed by atoms with van der Waals surface area (Å²) in [5.74, 6) is 0. The fourth-order valence-corrected chi connectivity index (χ4v) is 5.64. The van der Waals surface area contributed by atoms with Crippen LogP contribution in [0, 0.1) is 5.41 Å². The Morgan fingerprint density at radius 1 is 1.32 bits per heavy atom. The van der Waals surface area contributed by atoms with Crippen LogP contribution in [0.4, 0.5) is 0 Å². The summed E-state index contributed by atoms with van der Waals surface area (Å²) in [5, 5.41) is 3.97. The Morgan fingerprint density at radius 2 is 2.16 bits per heavy atom. The Kier molecular flexibility index (Phi) is 4.08. The van der Waals surface area contributed by atoms with Gasteiger partial charge in [0.25, 0.3) is 0 Å². The molecule has 1 saturated carbocycles. The Hall–Kier alpha value is 0.140. The van der Waals surface area contributed by atoms with Crippen molar-refractivity contribution in [2.24, 2.45) is 5.41 Å². The molecule has 2 unspecified atom stereocenters. The maximum absolute atomic E-state index is 3.97. The normalized spacial score (nSPS) is 30.1. The van der Waals surface area contributed by atoms with Crippen molar-refractivity contribution >= 4 is 27.3 Å². The molecule has 1 heterocycles. The molecule has 2 atom stereocenters. The lowest BCUT2D eigenvalue weighted by atomic mass is 9.74. The molecule has 0 amide bonds. The smallest absolute Gasteiger partial charge is 0.0704 e. The molecule has 19 heavy (non-hydrogen) atoms. The van der Waals surface area contributed by atoms with E-state index in [1.165, 1.54) is 48.7 Å². The minimum atomic E-state index is 0.530. The molecule has 2 aliphatic rings. The first-order valence-corrected chi connectivity index (χ1v) is 9.19. The van der Waals surface area contributed by atoms with Gasteiger partial charge in [0.1, 0.15) is 0 Å². The number of aryl methyl sites for hydroxylation is 1. The molecule has 0 spiro atoms. The maximum atomic E-state index is 3.97. The third-order valence-electron chi connectivity index (χ3n) is 4.73. The van der Waals surface area contributed by atoms with Crippen molar-refractivity contribution in [3.8, 4) is 0 Å². The van der Waals surface area contributed by atoms with E-state index in [-0.39, 0.29) is 0 Å². The fraction of sp³-hybridized carbons (Fsp3) is 0.750. The Morgan fingerprint density at radius 3 is 2.95 bits per heavy atom. The molecule has 1 nitrogen and oxygen atoms in total. The molecule has 1 fully saturated rings. The minimum absolute atomic E-state index is 0.530. The highest BCUT2D eigenvalue weighted by molar-refractivity contribution is 9.11. The van der Waals surface area contributed by atoms with Gasteiger partial charge in [-0.3, -0.25) is 0 Å². The fourth-order valence-electron chi connectivity index (χ4n) is 3.82. The molecule has 3 heteroatoms. The Bertz CT molecular complexity index is 452. The number of hydrogen-bond donors (Lipinski definition) is 1. The van der Waals surface area contributed by atoms with E-state index < -0.39 is 0 Å². The van der Waals surface area contributed by atoms with Gasteiger partial charge < -0.3 is 5.32 Å². The Balaban J connectivity index is 1.70. The first-order valence-electron chi connectivity index (χ1n) is 7.58. The second-order valence-corrected chi connectivity index (χ2v) is 9.51. The summed E-state index contributed by atoms with van der Waals surface area (Å²) >= 11 is 5.59. The zero-order valence-corrected chi connectivity index (χ0v) is 14.4. The molecule has 2 aliphatic carbocycles. The van der Waals surface area contributed by atoms with Crippen LogP contribution in [0.25, 0.3) is 0 Å². The number of halogens is 1. The molecular weight excluding hydrogens is 318 g/mol. The summed E-state index contributed by atoms with van der Waals surface area (Å²) < 4.78 is 1.30. The van der Waals surface area contributed by atoms with Gasteiger partial charge >= 0.3 is 0 Å². The van der Waals surface area contributed by atoms with Gasteiger partial charge in [-0.2, -0.15) is 0 Å². The Labute approximate surface area is 129 Å². The number of hydrogen-bond acceptors (Lipinski definition) is 2. The average molecular weight is 342 g/mol. The molecule has 1 N–H and O–H groups in total. The molecule has 1 aromatic heterocycles. The van der Waals surface area contributed by atoms with Crippen molar-refractivity contribution in [3.63, 3.8) is 0 Å². The SMILES string of the molecule is CC1(C)CCCC(NC2CCCc3sc(Br)cc32)C1. The molecule has 0 aliphatic heterocycles. The first-order chi connectivity index (χ1) is 9.03. The van der Waals surface area contributed by atoms with Gasteiger partial charge in [0, 0.05) is 17.0 Å². The standard InChI is InChI=1S/C16H24BrNS/c1-16(2)8-4-5-11(10-16)18-13-6-3-7-14-12(13)9-15(17)19-14/h9,11,13,18H,3-8,10H2,1-2H3. The highest BCUT2D eigenvalue weighted by Gasteiger charge is 2.31. The van der Waals surface area contributed by atoms with E-state index in [2.05, 4.69) is 41.2 Å². The molecule has 0 radical (unpaired) electrons. The van der Waals surface area contributed by atoms with Crippen molar-refractivity contribution < 1.29 is 0 Å². The van der Waals surface area contributed by atoms with Gasteiger partial charge in [-0.1, -0.05) is 20.3 Å². The second-order valence-electron chi connectivity index (χ2n) is 7.00. The molecule has 0 saturated heterocycles. The van der Waals surface area contributed by atoms with Gasteiger partial charge in [-0.05, 0) is 71.5 Å². The zero-order valence-electron chi connectivity index (χ0n) is 12.0. The third-order valence-corrected chi connectivity index (χ3v) is 6.44. The molecule has 1 aromatic rings. The van der Waals surface area contributed by atoms with Crippen LogP contribution in [-0.4, -0.2) is 6.04 Å². The minimum Gasteiger partial charge on any atom is -0.307 e. The molecular formula is C16H24BrNS. The van der Waals surface area contributed by atoms with E-state index in [0.29, 0.717) is 11.5 Å². The van der Waals surface area contributed by atoms with Crippen LogP contribution in [0.2, 0.25) is 0 Å². The van der Waals surface area contributed by atoms with E-state index in [1.807, 2.05) is 11.3 Å². The lowest BCUT2D eigenvalue weighted by molar-refractivity contribution is 0.186. The van der Waals surface area contributed by atoms with Crippen LogP contribution in [-0.2, 0) is 6.42 Å². The summed E-state index contributed by atoms with van der Waals surface area (Å²) in [6.45, 7) is 4.85. The van der Waals surface area contributed by atoms with Crippen molar-refractivity contribution in [3.05, 3.63) is 20.3 Å². The van der Waals surface area contributed by atoms with E-state index >= 15 is 0 Å². The van der Waals surface area contributed by atoms with Crippen molar-refractivity contribution in [1.29, 1.82) is 0 Å². The number of fused-ring (bicyclic) bond motifs is 1. The lowest BCUT2D eigenvalue weighted by Crippen LogP contribution is -2.40. The predicted octanol–water partition coefficient (Wildman–Crippen LogP) is 5.45. The van der Waals surface area contributed by atoms with Crippen LogP contribution in [0.3, 0.4) is 0 Å². The van der Waals surface area contributed by atoms with Crippen LogP contribution in [0.5, 0.6) is 0 Å². The van der Waals surface area contributed by atoms with Gasteiger partial charge in [0.15, 0.2) is 0 Å². The lowest BCUT2D eigenvalue weighted by Gasteiger charge is -2.38. The number of nitrogens with one attached hydrogen (secondary N) is 1. The van der Waals surface area contributed by atoms with Crippen molar-refractivity contribution in [2.45, 2.75) is 70.9 Å². The van der Waals surface area contributed by atoms with E-state index in [1.54, 1.807) is 10.4 Å². The summed E-state index contributed by atoms with van der Waals surface area (Å²) in [7, 11) is 0. The monoisotopic (exact) mass is 341 g/mol. The van der Waals surface area contributed by atoms with Gasteiger partial charge in [-0.25, -0.2) is 0 Å². The quantitative estimate of drug-likeness (QED) is 0.754. The van der Waals surface area contributed by atoms with Crippen molar-refractivity contribution in [2.75, 3.05) is 0 Å². The molecule has 0 aromatic carbocycles. The van der Waals surface area contributed by atoms with E-state index in [0.717, 1.165) is 6.04 Å². The summed E-state index contributed by atoms with van der Waals surface area (Å²) in [6.07, 6.45) is 9.41. The molecule has 106 valence electrons. The average Bonchev–Trinajstić information content (AvgIpc) is 2.69. The van der Waals surface area contributed by atoms with Gasteiger partial charge in [0.05, 0.1) is 3.79 Å². The van der Waals surface area contributed by atoms with E-state index in [9.17, 15) is 0 Å². The topological polar surface area (TPSA) is 12.0 Å². The predicted molar refractivity (Wildman–Crippen MR) is 86.9 cm³/mol. The van der Waals surface area contributed by atoms with Crippen LogP contribution >= 0.6 is 27.3 Å². The third kappa shape index (κ3) is 3.25. The van der Waals surface area contributed by atoms with Crippen LogP contribution in [0.1, 0.15) is 68.9 Å². The van der Waals surface area contributed by atoms with Gasteiger partial charge in [-0.15, -0.1) is 11.3 Å². The largest absolute Gasteiger partial charge is 0.307 e. The second kappa shape index (κ2) is 5.50. The highest BCUT2D eigenvalue weighted by Crippen LogP contribution is 2.40. The highest BCUT2D eigenvalue weighted by atomic mass is 79.9. The molecule has 0 bridgehead atoms. The van der Waals surface area contributed by atoms with Crippen molar-refractivity contribution in [1.82, 2.24) is 5.32 Å². The summed E-state index contributed by atoms with van der Waals surface area (Å²) in [6, 6.07) is 3.67. The number of thiophene rings is 1. The zero-order chi connectivity index (χ0) is 13.5. The summed E-state index contributed by atoms with van der Waals surface area (Å²) in [4.78, 5) is 1.60. The number of rotatable bonds is 2. The van der Waals surface area contributed by atoms with Gasteiger partial charge in [0.2, 0.25) is 0 Å². The van der Waals surface area contributed by atoms with Crippen LogP contribution in [0.15, 0.2) is 9.85 Å². The van der Waals surface area contributed by atoms with Crippen LogP contribution < -0.4 is 5.32 Å². The first kappa shape index (κ1) is 14.1. The molecule has 3 rings (SSSR count).